The van der Waals surface area contributed by atoms with E-state index in [1.54, 1.807) is 17.5 Å². The highest BCUT2D eigenvalue weighted by molar-refractivity contribution is 7.09. The Morgan fingerprint density at radius 3 is 3.26 bits per heavy atom. The summed E-state index contributed by atoms with van der Waals surface area (Å²) < 4.78 is 10.6. The highest BCUT2D eigenvalue weighted by atomic mass is 32.1. The summed E-state index contributed by atoms with van der Waals surface area (Å²) in [6.45, 7) is 3.82. The van der Waals surface area contributed by atoms with Gasteiger partial charge in [-0.3, -0.25) is 9.69 Å². The summed E-state index contributed by atoms with van der Waals surface area (Å²) in [5, 5.41) is 2.90. The fourth-order valence-corrected chi connectivity index (χ4v) is 2.65. The van der Waals surface area contributed by atoms with Crippen molar-refractivity contribution in [2.24, 2.45) is 5.73 Å². The molecule has 106 valence electrons. The second-order valence-corrected chi connectivity index (χ2v) is 5.47. The van der Waals surface area contributed by atoms with Crippen LogP contribution < -0.4 is 5.73 Å². The quantitative estimate of drug-likeness (QED) is 0.571. The van der Waals surface area contributed by atoms with Gasteiger partial charge in [-0.1, -0.05) is 0 Å². The van der Waals surface area contributed by atoms with Gasteiger partial charge < -0.3 is 15.2 Å². The molecule has 1 saturated heterocycles. The molecule has 19 heavy (non-hydrogen) atoms. The molecule has 2 N–H and O–H groups in total. The largest absolute Gasteiger partial charge is 0.467 e. The first kappa shape index (κ1) is 14.4. The Hall–Kier alpha value is -1.02. The Bertz CT molecular complexity index is 374. The first-order valence-electron chi connectivity index (χ1n) is 6.32. The Morgan fingerprint density at radius 1 is 1.63 bits per heavy atom. The van der Waals surface area contributed by atoms with Crippen molar-refractivity contribution in [3.8, 4) is 0 Å². The summed E-state index contributed by atoms with van der Waals surface area (Å²) in [5.74, 6) is 0. The van der Waals surface area contributed by atoms with Gasteiger partial charge in [0, 0.05) is 30.7 Å². The number of rotatable bonds is 7. The van der Waals surface area contributed by atoms with E-state index in [2.05, 4.69) is 9.88 Å². The van der Waals surface area contributed by atoms with Gasteiger partial charge in [0.2, 0.25) is 0 Å². The number of thiazole rings is 1. The van der Waals surface area contributed by atoms with E-state index in [-0.39, 0.29) is 12.1 Å². The molecule has 0 saturated carbocycles. The lowest BCUT2D eigenvalue weighted by Crippen LogP contribution is -2.52. The third kappa shape index (κ3) is 4.54. The summed E-state index contributed by atoms with van der Waals surface area (Å²) in [6, 6.07) is 0.0585. The van der Waals surface area contributed by atoms with Crippen LogP contribution in [-0.2, 0) is 20.9 Å². The van der Waals surface area contributed by atoms with Crippen LogP contribution in [0.5, 0.6) is 0 Å². The maximum atomic E-state index is 10.1. The van der Waals surface area contributed by atoms with Gasteiger partial charge in [-0.05, 0) is 13.0 Å². The van der Waals surface area contributed by atoms with Crippen molar-refractivity contribution < 1.29 is 14.3 Å². The Balaban J connectivity index is 1.75. The van der Waals surface area contributed by atoms with E-state index in [0.717, 1.165) is 31.1 Å². The molecule has 2 rings (SSSR count). The molecule has 0 radical (unpaired) electrons. The van der Waals surface area contributed by atoms with E-state index in [9.17, 15) is 4.79 Å². The van der Waals surface area contributed by atoms with Crippen molar-refractivity contribution >= 4 is 17.8 Å². The number of ether oxygens (including phenoxy) is 2. The monoisotopic (exact) mass is 285 g/mol. The van der Waals surface area contributed by atoms with E-state index in [1.165, 1.54) is 0 Å². The van der Waals surface area contributed by atoms with Gasteiger partial charge in [0.15, 0.2) is 0 Å². The highest BCUT2D eigenvalue weighted by Gasteiger charge is 2.27. The summed E-state index contributed by atoms with van der Waals surface area (Å²) in [6.07, 6.45) is 2.67. The smallest absolute Gasteiger partial charge is 0.293 e. The van der Waals surface area contributed by atoms with E-state index >= 15 is 0 Å². The molecule has 0 bridgehead atoms. The minimum atomic E-state index is 0.00822. The fraction of sp³-hybridized carbons (Fsp3) is 0.667. The van der Waals surface area contributed by atoms with Gasteiger partial charge in [-0.2, -0.15) is 0 Å². The van der Waals surface area contributed by atoms with Crippen LogP contribution in [0, 0.1) is 0 Å². The van der Waals surface area contributed by atoms with Crippen molar-refractivity contribution in [3.05, 3.63) is 16.6 Å². The third-order valence-electron chi connectivity index (χ3n) is 3.19. The van der Waals surface area contributed by atoms with Gasteiger partial charge >= 0.3 is 0 Å². The van der Waals surface area contributed by atoms with Crippen molar-refractivity contribution in [2.45, 2.75) is 25.2 Å². The Labute approximate surface area is 116 Å². The number of nitrogens with zero attached hydrogens (tertiary/aromatic N) is 2. The van der Waals surface area contributed by atoms with Crippen molar-refractivity contribution in [3.63, 3.8) is 0 Å². The van der Waals surface area contributed by atoms with Crippen LogP contribution in [0.3, 0.4) is 0 Å². The number of aromatic nitrogens is 1. The standard InChI is InChI=1S/C12H19N3O3S/c13-10-1-3-15(4-5-17-9-16)7-11(10)18-8-12-14-2-6-19-12/h2,6,9-11H,1,3-5,7-8,13H2. The molecule has 0 aliphatic carbocycles. The SMILES string of the molecule is NC1CCN(CCOC=O)CC1OCc1nccs1. The molecule has 1 fully saturated rings. The minimum absolute atomic E-state index is 0.00822. The predicted octanol–water partition coefficient (Wildman–Crippen LogP) is 0.234. The third-order valence-corrected chi connectivity index (χ3v) is 3.95. The molecule has 1 aliphatic rings. The molecular weight excluding hydrogens is 266 g/mol. The van der Waals surface area contributed by atoms with Gasteiger partial charge in [0.25, 0.3) is 6.47 Å². The molecule has 6 nitrogen and oxygen atoms in total. The predicted molar refractivity (Wildman–Crippen MR) is 71.7 cm³/mol. The first-order chi connectivity index (χ1) is 9.29. The van der Waals surface area contributed by atoms with Crippen LogP contribution in [0.15, 0.2) is 11.6 Å². The number of hydrogen-bond donors (Lipinski definition) is 1. The van der Waals surface area contributed by atoms with Crippen LogP contribution in [0.25, 0.3) is 0 Å². The number of likely N-dealkylation sites (tertiary alicyclic amines) is 1. The van der Waals surface area contributed by atoms with Crippen LogP contribution in [0.1, 0.15) is 11.4 Å². The van der Waals surface area contributed by atoms with E-state index < -0.39 is 0 Å². The topological polar surface area (TPSA) is 77.7 Å². The van der Waals surface area contributed by atoms with Crippen molar-refractivity contribution in [1.29, 1.82) is 0 Å². The second-order valence-electron chi connectivity index (χ2n) is 4.50. The lowest BCUT2D eigenvalue weighted by atomic mass is 10.0. The number of hydrogen-bond acceptors (Lipinski definition) is 7. The van der Waals surface area contributed by atoms with Crippen LogP contribution in [0.4, 0.5) is 0 Å². The van der Waals surface area contributed by atoms with Crippen LogP contribution in [0.2, 0.25) is 0 Å². The molecule has 1 aliphatic heterocycles. The van der Waals surface area contributed by atoms with Gasteiger partial charge in [-0.25, -0.2) is 4.98 Å². The van der Waals surface area contributed by atoms with E-state index in [4.69, 9.17) is 15.2 Å². The lowest BCUT2D eigenvalue weighted by molar-refractivity contribution is -0.129. The zero-order valence-corrected chi connectivity index (χ0v) is 11.6. The zero-order valence-electron chi connectivity index (χ0n) is 10.7. The average Bonchev–Trinajstić information content (AvgIpc) is 2.92. The van der Waals surface area contributed by atoms with E-state index in [0.29, 0.717) is 19.7 Å². The zero-order chi connectivity index (χ0) is 13.5. The van der Waals surface area contributed by atoms with Gasteiger partial charge in [-0.15, -0.1) is 11.3 Å². The Kier molecular flexibility index (Phi) is 5.71. The number of piperidine rings is 1. The Morgan fingerprint density at radius 2 is 2.53 bits per heavy atom. The molecule has 0 amide bonds. The summed E-state index contributed by atoms with van der Waals surface area (Å²) in [7, 11) is 0. The average molecular weight is 285 g/mol. The first-order valence-corrected chi connectivity index (χ1v) is 7.20. The molecule has 2 unspecified atom stereocenters. The molecule has 2 atom stereocenters. The molecule has 7 heteroatoms. The summed E-state index contributed by atoms with van der Waals surface area (Å²) in [4.78, 5) is 16.5. The molecule has 2 heterocycles. The van der Waals surface area contributed by atoms with Crippen molar-refractivity contribution in [1.82, 2.24) is 9.88 Å². The molecule has 0 spiro atoms. The fourth-order valence-electron chi connectivity index (χ4n) is 2.11. The molecule has 1 aromatic rings. The molecule has 0 aromatic carbocycles. The molecular formula is C12H19N3O3S. The number of nitrogens with two attached hydrogens (primary N) is 1. The number of carbonyl (C=O) groups is 1. The second kappa shape index (κ2) is 7.54. The minimum Gasteiger partial charge on any atom is -0.467 e. The summed E-state index contributed by atoms with van der Waals surface area (Å²) >= 11 is 1.58. The lowest BCUT2D eigenvalue weighted by Gasteiger charge is -2.36. The van der Waals surface area contributed by atoms with Crippen molar-refractivity contribution in [2.75, 3.05) is 26.2 Å². The molecule has 1 aromatic heterocycles. The van der Waals surface area contributed by atoms with Crippen LogP contribution >= 0.6 is 11.3 Å². The maximum Gasteiger partial charge on any atom is 0.293 e. The van der Waals surface area contributed by atoms with Gasteiger partial charge in [0.1, 0.15) is 11.6 Å². The maximum absolute atomic E-state index is 10.1. The van der Waals surface area contributed by atoms with Crippen LogP contribution in [-0.4, -0.2) is 54.7 Å². The summed E-state index contributed by atoms with van der Waals surface area (Å²) in [5.41, 5.74) is 6.08. The highest BCUT2D eigenvalue weighted by Crippen LogP contribution is 2.15. The van der Waals surface area contributed by atoms with Gasteiger partial charge in [0.05, 0.1) is 12.7 Å². The number of carbonyl (C=O) groups excluding carboxylic acids is 1. The normalized spacial score (nSPS) is 24.3. The van der Waals surface area contributed by atoms with E-state index in [1.807, 2.05) is 5.38 Å².